The number of rotatable bonds is 5. The van der Waals surface area contributed by atoms with Crippen LogP contribution >= 0.6 is 0 Å². The van der Waals surface area contributed by atoms with Crippen LogP contribution in [0, 0.1) is 25.6 Å². The molecule has 0 saturated heterocycles. The second-order valence-corrected chi connectivity index (χ2v) is 4.88. The number of ether oxygens (including phenoxy) is 1. The summed E-state index contributed by atoms with van der Waals surface area (Å²) in [5.74, 6) is 0.134. The van der Waals surface area contributed by atoms with Crippen molar-refractivity contribution in [2.24, 2.45) is 11.7 Å². The molecule has 2 atom stereocenters. The van der Waals surface area contributed by atoms with Crippen molar-refractivity contribution in [3.8, 4) is 0 Å². The van der Waals surface area contributed by atoms with Gasteiger partial charge in [0.1, 0.15) is 5.82 Å². The van der Waals surface area contributed by atoms with Gasteiger partial charge in [0.25, 0.3) is 0 Å². The molecule has 1 aromatic carbocycles. The normalized spacial score (nSPS) is 14.7. The van der Waals surface area contributed by atoms with Crippen LogP contribution in [0.5, 0.6) is 0 Å². The van der Waals surface area contributed by atoms with Crippen LogP contribution in [0.2, 0.25) is 0 Å². The number of benzene rings is 1. The SMILES string of the molecule is COCC(C)CC(N)c1c(C)cc(C)cc1F. The van der Waals surface area contributed by atoms with Gasteiger partial charge in [0.05, 0.1) is 0 Å². The van der Waals surface area contributed by atoms with Crippen molar-refractivity contribution in [1.82, 2.24) is 0 Å². The summed E-state index contributed by atoms with van der Waals surface area (Å²) in [5, 5.41) is 0. The van der Waals surface area contributed by atoms with Crippen LogP contribution in [0.1, 0.15) is 36.1 Å². The summed E-state index contributed by atoms with van der Waals surface area (Å²) >= 11 is 0. The van der Waals surface area contributed by atoms with Gasteiger partial charge in [-0.2, -0.15) is 0 Å². The molecule has 0 fully saturated rings. The Morgan fingerprint density at radius 1 is 1.35 bits per heavy atom. The molecule has 1 rings (SSSR count). The Morgan fingerprint density at radius 3 is 2.53 bits per heavy atom. The summed E-state index contributed by atoms with van der Waals surface area (Å²) in [6.07, 6.45) is 0.731. The number of hydrogen-bond acceptors (Lipinski definition) is 2. The van der Waals surface area contributed by atoms with Gasteiger partial charge in [0.2, 0.25) is 0 Å². The fourth-order valence-electron chi connectivity index (χ4n) is 2.30. The highest BCUT2D eigenvalue weighted by molar-refractivity contribution is 5.34. The highest BCUT2D eigenvalue weighted by Gasteiger charge is 2.17. The second-order valence-electron chi connectivity index (χ2n) is 4.88. The van der Waals surface area contributed by atoms with Gasteiger partial charge in [0, 0.05) is 25.3 Å². The molecule has 2 N–H and O–H groups in total. The average Bonchev–Trinajstić information content (AvgIpc) is 2.15. The van der Waals surface area contributed by atoms with Gasteiger partial charge in [0.15, 0.2) is 0 Å². The Bertz CT molecular complexity index is 355. The van der Waals surface area contributed by atoms with Crippen LogP contribution in [0.4, 0.5) is 4.39 Å². The molecule has 0 aromatic heterocycles. The van der Waals surface area contributed by atoms with Crippen molar-refractivity contribution >= 4 is 0 Å². The molecule has 3 heteroatoms. The molecule has 2 unspecified atom stereocenters. The quantitative estimate of drug-likeness (QED) is 0.856. The van der Waals surface area contributed by atoms with Crippen LogP contribution in [0.15, 0.2) is 12.1 Å². The summed E-state index contributed by atoms with van der Waals surface area (Å²) < 4.78 is 19.0. The summed E-state index contributed by atoms with van der Waals surface area (Å²) in [6.45, 7) is 6.51. The first-order valence-corrected chi connectivity index (χ1v) is 5.96. The maximum atomic E-state index is 13.9. The van der Waals surface area contributed by atoms with E-state index in [0.29, 0.717) is 18.1 Å². The van der Waals surface area contributed by atoms with E-state index in [-0.39, 0.29) is 11.9 Å². The lowest BCUT2D eigenvalue weighted by Gasteiger charge is -2.19. The van der Waals surface area contributed by atoms with E-state index in [4.69, 9.17) is 10.5 Å². The lowest BCUT2D eigenvalue weighted by atomic mass is 9.92. The molecule has 0 aliphatic carbocycles. The third-order valence-electron chi connectivity index (χ3n) is 2.96. The maximum absolute atomic E-state index is 13.9. The Morgan fingerprint density at radius 2 is 2.00 bits per heavy atom. The third-order valence-corrected chi connectivity index (χ3v) is 2.96. The Labute approximate surface area is 103 Å². The molecule has 0 radical (unpaired) electrons. The second kappa shape index (κ2) is 6.12. The highest BCUT2D eigenvalue weighted by atomic mass is 19.1. The van der Waals surface area contributed by atoms with E-state index >= 15 is 0 Å². The first-order chi connectivity index (χ1) is 7.95. The third kappa shape index (κ3) is 3.79. The zero-order chi connectivity index (χ0) is 13.0. The summed E-state index contributed by atoms with van der Waals surface area (Å²) in [5.41, 5.74) is 8.58. The van der Waals surface area contributed by atoms with Gasteiger partial charge in [-0.05, 0) is 43.4 Å². The van der Waals surface area contributed by atoms with Crippen molar-refractivity contribution in [2.75, 3.05) is 13.7 Å². The molecule has 0 bridgehead atoms. The molecule has 0 saturated carbocycles. The summed E-state index contributed by atoms with van der Waals surface area (Å²) in [7, 11) is 1.67. The zero-order valence-corrected chi connectivity index (χ0v) is 11.1. The first kappa shape index (κ1) is 14.1. The molecule has 0 spiro atoms. The smallest absolute Gasteiger partial charge is 0.128 e. The number of nitrogens with two attached hydrogens (primary N) is 1. The van der Waals surface area contributed by atoms with E-state index in [1.165, 1.54) is 0 Å². The average molecular weight is 239 g/mol. The van der Waals surface area contributed by atoms with Crippen LogP contribution in [0.25, 0.3) is 0 Å². The largest absolute Gasteiger partial charge is 0.384 e. The van der Waals surface area contributed by atoms with E-state index in [2.05, 4.69) is 6.92 Å². The van der Waals surface area contributed by atoms with E-state index in [1.54, 1.807) is 13.2 Å². The van der Waals surface area contributed by atoms with E-state index < -0.39 is 0 Å². The lowest BCUT2D eigenvalue weighted by molar-refractivity contribution is 0.152. The standard InChI is InChI=1S/C14H22FNO/c1-9-5-11(3)14(12(15)6-9)13(16)7-10(2)8-17-4/h5-6,10,13H,7-8,16H2,1-4H3. The number of methoxy groups -OCH3 is 1. The molecule has 0 amide bonds. The fraction of sp³-hybridized carbons (Fsp3) is 0.571. The molecule has 17 heavy (non-hydrogen) atoms. The van der Waals surface area contributed by atoms with Crippen molar-refractivity contribution in [3.63, 3.8) is 0 Å². The molecule has 0 heterocycles. The molecular formula is C14H22FNO. The number of aryl methyl sites for hydroxylation is 2. The maximum Gasteiger partial charge on any atom is 0.128 e. The van der Waals surface area contributed by atoms with E-state index in [9.17, 15) is 4.39 Å². The number of halogens is 1. The molecular weight excluding hydrogens is 217 g/mol. The van der Waals surface area contributed by atoms with Gasteiger partial charge in [-0.25, -0.2) is 4.39 Å². The minimum absolute atomic E-state index is 0.195. The number of hydrogen-bond donors (Lipinski definition) is 1. The van der Waals surface area contributed by atoms with Gasteiger partial charge in [-0.1, -0.05) is 13.0 Å². The molecule has 0 aliphatic rings. The van der Waals surface area contributed by atoms with Gasteiger partial charge < -0.3 is 10.5 Å². The zero-order valence-electron chi connectivity index (χ0n) is 11.1. The van der Waals surface area contributed by atoms with E-state index in [0.717, 1.165) is 17.5 Å². The van der Waals surface area contributed by atoms with Crippen LogP contribution < -0.4 is 5.73 Å². The fourth-order valence-corrected chi connectivity index (χ4v) is 2.30. The van der Waals surface area contributed by atoms with Crippen molar-refractivity contribution in [3.05, 3.63) is 34.6 Å². The minimum atomic E-state index is -0.263. The Hall–Kier alpha value is -0.930. The summed E-state index contributed by atoms with van der Waals surface area (Å²) in [4.78, 5) is 0. The Kier molecular flexibility index (Phi) is 5.09. The minimum Gasteiger partial charge on any atom is -0.384 e. The predicted octanol–water partition coefficient (Wildman–Crippen LogP) is 3.11. The predicted molar refractivity (Wildman–Crippen MR) is 68.5 cm³/mol. The van der Waals surface area contributed by atoms with Crippen LogP contribution in [0.3, 0.4) is 0 Å². The molecule has 1 aromatic rings. The van der Waals surface area contributed by atoms with Crippen LogP contribution in [-0.2, 0) is 4.74 Å². The monoisotopic (exact) mass is 239 g/mol. The highest BCUT2D eigenvalue weighted by Crippen LogP contribution is 2.26. The van der Waals surface area contributed by atoms with Crippen molar-refractivity contribution in [1.29, 1.82) is 0 Å². The summed E-state index contributed by atoms with van der Waals surface area (Å²) in [6, 6.07) is 3.25. The van der Waals surface area contributed by atoms with E-state index in [1.807, 2.05) is 19.9 Å². The Balaban J connectivity index is 2.85. The van der Waals surface area contributed by atoms with Crippen molar-refractivity contribution < 1.29 is 9.13 Å². The lowest BCUT2D eigenvalue weighted by Crippen LogP contribution is -2.19. The molecule has 0 aliphatic heterocycles. The van der Waals surface area contributed by atoms with Gasteiger partial charge in [-0.15, -0.1) is 0 Å². The first-order valence-electron chi connectivity index (χ1n) is 5.96. The molecule has 96 valence electrons. The van der Waals surface area contributed by atoms with Crippen molar-refractivity contribution in [2.45, 2.75) is 33.2 Å². The van der Waals surface area contributed by atoms with Crippen LogP contribution in [-0.4, -0.2) is 13.7 Å². The van der Waals surface area contributed by atoms with Gasteiger partial charge in [-0.3, -0.25) is 0 Å². The molecule has 2 nitrogen and oxygen atoms in total. The topological polar surface area (TPSA) is 35.2 Å². The van der Waals surface area contributed by atoms with Gasteiger partial charge >= 0.3 is 0 Å².